The minimum atomic E-state index is -0.804. The van der Waals surface area contributed by atoms with Gasteiger partial charge in [0.25, 0.3) is 11.6 Å². The van der Waals surface area contributed by atoms with E-state index in [1.54, 1.807) is 18.2 Å². The molecule has 0 fully saturated rings. The van der Waals surface area contributed by atoms with Crippen LogP contribution in [0.25, 0.3) is 16.8 Å². The Hall–Kier alpha value is -5.69. The quantitative estimate of drug-likeness (QED) is 0.0794. The molecule has 4 aromatic carbocycles. The monoisotopic (exact) mass is 523 g/mol. The third-order valence-electron chi connectivity index (χ3n) is 5.72. The van der Waals surface area contributed by atoms with Gasteiger partial charge in [-0.05, 0) is 46.7 Å². The number of non-ortho nitro benzene ring substituents is 1. The molecule has 0 unspecified atom stereocenters. The van der Waals surface area contributed by atoms with Crippen molar-refractivity contribution in [2.75, 3.05) is 19.5 Å². The second-order valence-electron chi connectivity index (χ2n) is 8.09. The summed E-state index contributed by atoms with van der Waals surface area (Å²) in [6, 6.07) is 22.8. The van der Waals surface area contributed by atoms with Gasteiger partial charge in [0.15, 0.2) is 11.5 Å². The average Bonchev–Trinajstić information content (AvgIpc) is 2.95. The van der Waals surface area contributed by atoms with Crippen LogP contribution >= 0.6 is 0 Å². The summed E-state index contributed by atoms with van der Waals surface area (Å²) in [5.74, 6) is -0.837. The Morgan fingerprint density at radius 1 is 0.923 bits per heavy atom. The summed E-state index contributed by atoms with van der Waals surface area (Å²) < 4.78 is 16.1. The molecule has 0 aliphatic carbocycles. The van der Waals surface area contributed by atoms with Crippen molar-refractivity contribution in [1.29, 1.82) is 5.26 Å². The molecule has 1 amide bonds. The summed E-state index contributed by atoms with van der Waals surface area (Å²) in [5, 5.41) is 24.8. The molecule has 4 rings (SSSR count). The lowest BCUT2D eigenvalue weighted by atomic mass is 10.0. The van der Waals surface area contributed by atoms with Crippen molar-refractivity contribution < 1.29 is 28.7 Å². The van der Waals surface area contributed by atoms with Crippen molar-refractivity contribution in [2.24, 2.45) is 0 Å². The number of methoxy groups -OCH3 is 2. The average molecular weight is 524 g/mol. The molecule has 0 aliphatic heterocycles. The second-order valence-corrected chi connectivity index (χ2v) is 8.09. The van der Waals surface area contributed by atoms with E-state index in [0.29, 0.717) is 11.1 Å². The van der Waals surface area contributed by atoms with E-state index in [2.05, 4.69) is 5.32 Å². The summed E-state index contributed by atoms with van der Waals surface area (Å²) >= 11 is 0. The number of rotatable bonds is 8. The highest BCUT2D eigenvalue weighted by Gasteiger charge is 2.18. The lowest BCUT2D eigenvalue weighted by molar-refractivity contribution is -0.384. The van der Waals surface area contributed by atoms with Crippen molar-refractivity contribution in [3.63, 3.8) is 0 Å². The Morgan fingerprint density at radius 3 is 2.36 bits per heavy atom. The molecule has 1 N–H and O–H groups in total. The van der Waals surface area contributed by atoms with Crippen LogP contribution in [0, 0.1) is 21.4 Å². The number of nitrogens with one attached hydrogen (secondary N) is 1. The van der Waals surface area contributed by atoms with Crippen molar-refractivity contribution >= 4 is 40.1 Å². The van der Waals surface area contributed by atoms with Crippen molar-refractivity contribution in [3.05, 3.63) is 106 Å². The molecule has 0 heterocycles. The van der Waals surface area contributed by atoms with Crippen molar-refractivity contribution in [1.82, 2.24) is 0 Å². The van der Waals surface area contributed by atoms with E-state index in [0.717, 1.165) is 16.8 Å². The van der Waals surface area contributed by atoms with Crippen LogP contribution in [0.2, 0.25) is 0 Å². The SMILES string of the molecule is COc1ccc([N+](=O)[O-])cc1NC(=O)/C(C#N)=C/c1ccc(OC(=O)c2cccc3ccccc23)c(OC)c1. The number of nitro groups is 1. The number of benzene rings is 4. The first-order chi connectivity index (χ1) is 18.8. The van der Waals surface area contributed by atoms with Gasteiger partial charge in [-0.15, -0.1) is 0 Å². The maximum absolute atomic E-state index is 12.9. The van der Waals surface area contributed by atoms with Crippen LogP contribution in [-0.4, -0.2) is 31.0 Å². The number of ether oxygens (including phenoxy) is 3. The number of carbonyl (C=O) groups excluding carboxylic acids is 2. The number of nitro benzene ring substituents is 1. The highest BCUT2D eigenvalue weighted by molar-refractivity contribution is 6.10. The molecular formula is C29H21N3O7. The van der Waals surface area contributed by atoms with Gasteiger partial charge in [0.05, 0.1) is 30.4 Å². The van der Waals surface area contributed by atoms with E-state index < -0.39 is 16.8 Å². The van der Waals surface area contributed by atoms with Crippen LogP contribution in [-0.2, 0) is 4.79 Å². The minimum absolute atomic E-state index is 0.0335. The molecule has 0 spiro atoms. The molecule has 0 saturated carbocycles. The molecule has 0 radical (unpaired) electrons. The number of esters is 1. The van der Waals surface area contributed by atoms with E-state index in [-0.39, 0.29) is 34.2 Å². The predicted octanol–water partition coefficient (Wildman–Crippen LogP) is 5.53. The van der Waals surface area contributed by atoms with Crippen LogP contribution < -0.4 is 19.5 Å². The lowest BCUT2D eigenvalue weighted by Crippen LogP contribution is -2.14. The van der Waals surface area contributed by atoms with Crippen LogP contribution in [0.5, 0.6) is 17.2 Å². The van der Waals surface area contributed by atoms with Gasteiger partial charge in [-0.1, -0.05) is 42.5 Å². The number of nitriles is 1. The first-order valence-electron chi connectivity index (χ1n) is 11.5. The number of hydrogen-bond acceptors (Lipinski definition) is 8. The highest BCUT2D eigenvalue weighted by Crippen LogP contribution is 2.32. The molecule has 4 aromatic rings. The fraction of sp³-hybridized carbons (Fsp3) is 0.0690. The smallest absolute Gasteiger partial charge is 0.344 e. The molecule has 0 saturated heterocycles. The molecule has 39 heavy (non-hydrogen) atoms. The molecular weight excluding hydrogens is 502 g/mol. The van der Waals surface area contributed by atoms with Crippen molar-refractivity contribution in [2.45, 2.75) is 0 Å². The van der Waals surface area contributed by atoms with Gasteiger partial charge in [-0.2, -0.15) is 5.26 Å². The van der Waals surface area contributed by atoms with Crippen LogP contribution in [0.4, 0.5) is 11.4 Å². The van der Waals surface area contributed by atoms with Crippen LogP contribution in [0.1, 0.15) is 15.9 Å². The largest absolute Gasteiger partial charge is 0.495 e. The molecule has 194 valence electrons. The fourth-order valence-corrected chi connectivity index (χ4v) is 3.83. The van der Waals surface area contributed by atoms with E-state index in [1.807, 2.05) is 36.4 Å². The van der Waals surface area contributed by atoms with E-state index >= 15 is 0 Å². The molecule has 0 aliphatic rings. The van der Waals surface area contributed by atoms with Gasteiger partial charge in [-0.25, -0.2) is 4.79 Å². The van der Waals surface area contributed by atoms with Crippen LogP contribution in [0.15, 0.2) is 84.4 Å². The standard InChI is InChI=1S/C29H21N3O7/c1-37-25-13-11-21(32(35)36)16-24(25)31-28(33)20(17-30)14-18-10-12-26(27(15-18)38-2)39-29(34)23-9-5-7-19-6-3-4-8-22(19)23/h3-16H,1-2H3,(H,31,33)/b20-14+. The molecule has 0 aromatic heterocycles. The molecule has 0 bridgehead atoms. The maximum Gasteiger partial charge on any atom is 0.344 e. The van der Waals surface area contributed by atoms with Gasteiger partial charge >= 0.3 is 5.97 Å². The number of anilines is 1. The van der Waals surface area contributed by atoms with E-state index in [4.69, 9.17) is 14.2 Å². The zero-order chi connectivity index (χ0) is 27.9. The molecule has 10 heteroatoms. The highest BCUT2D eigenvalue weighted by atomic mass is 16.6. The number of fused-ring (bicyclic) bond motifs is 1. The van der Waals surface area contributed by atoms with E-state index in [1.165, 1.54) is 44.6 Å². The number of carbonyl (C=O) groups is 2. The predicted molar refractivity (Wildman–Crippen MR) is 144 cm³/mol. The Bertz CT molecular complexity index is 1670. The second kappa shape index (κ2) is 11.6. The normalized spacial score (nSPS) is 10.8. The van der Waals surface area contributed by atoms with Crippen molar-refractivity contribution in [3.8, 4) is 23.3 Å². The first kappa shape index (κ1) is 26.4. The zero-order valence-corrected chi connectivity index (χ0v) is 20.8. The Kier molecular flexibility index (Phi) is 7.83. The minimum Gasteiger partial charge on any atom is -0.495 e. The number of nitrogens with zero attached hydrogens (tertiary/aromatic N) is 2. The zero-order valence-electron chi connectivity index (χ0n) is 20.8. The Labute approximate surface area is 222 Å². The lowest BCUT2D eigenvalue weighted by Gasteiger charge is -2.12. The Morgan fingerprint density at radius 2 is 1.64 bits per heavy atom. The summed E-state index contributed by atoms with van der Waals surface area (Å²) in [6.07, 6.45) is 1.30. The maximum atomic E-state index is 12.9. The summed E-state index contributed by atoms with van der Waals surface area (Å²) in [5.41, 5.74) is 0.290. The third kappa shape index (κ3) is 5.84. The van der Waals surface area contributed by atoms with Gasteiger partial charge in [-0.3, -0.25) is 14.9 Å². The van der Waals surface area contributed by atoms with Gasteiger partial charge in [0, 0.05) is 12.1 Å². The molecule has 0 atom stereocenters. The summed E-state index contributed by atoms with van der Waals surface area (Å²) in [6.45, 7) is 0. The number of hydrogen-bond donors (Lipinski definition) is 1. The Balaban J connectivity index is 1.58. The third-order valence-corrected chi connectivity index (χ3v) is 5.72. The fourth-order valence-electron chi connectivity index (χ4n) is 3.83. The summed E-state index contributed by atoms with van der Waals surface area (Å²) in [4.78, 5) is 36.2. The van der Waals surface area contributed by atoms with Gasteiger partial charge in [0.1, 0.15) is 17.4 Å². The van der Waals surface area contributed by atoms with E-state index in [9.17, 15) is 25.0 Å². The summed E-state index contributed by atoms with van der Waals surface area (Å²) in [7, 11) is 2.74. The number of amides is 1. The van der Waals surface area contributed by atoms with Gasteiger partial charge in [0.2, 0.25) is 0 Å². The van der Waals surface area contributed by atoms with Gasteiger partial charge < -0.3 is 19.5 Å². The molecule has 10 nitrogen and oxygen atoms in total. The van der Waals surface area contributed by atoms with Crippen LogP contribution in [0.3, 0.4) is 0 Å². The topological polar surface area (TPSA) is 141 Å². The first-order valence-corrected chi connectivity index (χ1v) is 11.5.